The van der Waals surface area contributed by atoms with E-state index in [2.05, 4.69) is 22.2 Å². The summed E-state index contributed by atoms with van der Waals surface area (Å²) in [5, 5.41) is 2.99. The second-order valence-electron chi connectivity index (χ2n) is 11.1. The van der Waals surface area contributed by atoms with Crippen LogP contribution in [0.5, 0.6) is 0 Å². The molecule has 1 aromatic heterocycles. The number of fused-ring (bicyclic) bond motifs is 1. The van der Waals surface area contributed by atoms with E-state index in [0.717, 1.165) is 6.42 Å². The van der Waals surface area contributed by atoms with Gasteiger partial charge < -0.3 is 30.1 Å². The van der Waals surface area contributed by atoms with E-state index < -0.39 is 7.60 Å². The fourth-order valence-electron chi connectivity index (χ4n) is 4.98. The maximum Gasteiger partial charge on any atom is 0.328 e. The Hall–Kier alpha value is -1.87. The number of H-pyrrole nitrogens is 1. The van der Waals surface area contributed by atoms with Crippen molar-refractivity contribution in [1.29, 1.82) is 0 Å². The number of rotatable bonds is 26. The molecule has 1 unspecified atom stereocenters. The predicted molar refractivity (Wildman–Crippen MR) is 170 cm³/mol. The van der Waals surface area contributed by atoms with Crippen molar-refractivity contribution in [3.8, 4) is 0 Å². The first-order valence-corrected chi connectivity index (χ1v) is 17.8. The smallest absolute Gasteiger partial charge is 0.328 e. The van der Waals surface area contributed by atoms with Crippen LogP contribution in [0.2, 0.25) is 0 Å². The normalized spacial score (nSPS) is 14.4. The van der Waals surface area contributed by atoms with Crippen LogP contribution in [-0.2, 0) is 13.8 Å². The lowest BCUT2D eigenvalue weighted by atomic mass is 10.0. The van der Waals surface area contributed by atoms with Crippen molar-refractivity contribution >= 4 is 25.0 Å². The molecular formula is C30H56N5O5P. The number of hydrogen-bond donors (Lipinski definition) is 4. The summed E-state index contributed by atoms with van der Waals surface area (Å²) in [6.07, 6.45) is 25.6. The Morgan fingerprint density at radius 3 is 2.10 bits per heavy atom. The Labute approximate surface area is 247 Å². The van der Waals surface area contributed by atoms with Crippen molar-refractivity contribution in [1.82, 2.24) is 9.97 Å². The third-order valence-electron chi connectivity index (χ3n) is 7.40. The third-order valence-corrected chi connectivity index (χ3v) is 8.81. The molecule has 41 heavy (non-hydrogen) atoms. The van der Waals surface area contributed by atoms with E-state index in [0.29, 0.717) is 44.4 Å². The number of aromatic amines is 1. The summed E-state index contributed by atoms with van der Waals surface area (Å²) in [5.41, 5.74) is 5.73. The molecule has 1 aliphatic heterocycles. The maximum absolute atomic E-state index is 12.2. The lowest BCUT2D eigenvalue weighted by molar-refractivity contribution is 0.0926. The number of aromatic nitrogens is 2. The molecule has 0 amide bonds. The number of nitrogens with zero attached hydrogens (tertiary/aromatic N) is 2. The van der Waals surface area contributed by atoms with E-state index in [1.807, 2.05) is 17.1 Å². The van der Waals surface area contributed by atoms with Gasteiger partial charge in [0.15, 0.2) is 5.82 Å². The standard InChI is InChI=1S/C30H56N5O5P/c1-2-3-4-5-6-7-8-9-10-11-12-13-14-15-16-19-22-39-23-24-40-41(37,38)25-20-17-18-21-35-26-32-27-28(35)33-30(31)34-29(27)36/h17-18,32H,2-16,19-26H2,1H3,(H,37,38)(H3,31,33,34,36)/b18-17-. The second kappa shape index (κ2) is 21.8. The number of unbranched alkanes of at least 4 members (excludes halogenated alkanes) is 15. The van der Waals surface area contributed by atoms with Crippen molar-refractivity contribution in [3.05, 3.63) is 22.5 Å². The first-order chi connectivity index (χ1) is 19.9. The molecule has 11 heteroatoms. The number of anilines is 3. The summed E-state index contributed by atoms with van der Waals surface area (Å²) in [6, 6.07) is 0. The van der Waals surface area contributed by atoms with Crippen molar-refractivity contribution in [2.45, 2.75) is 116 Å². The molecule has 0 saturated heterocycles. The molecule has 0 aliphatic carbocycles. The van der Waals surface area contributed by atoms with Crippen LogP contribution in [0.15, 0.2) is 16.9 Å². The van der Waals surface area contributed by atoms with E-state index in [-0.39, 0.29) is 24.3 Å². The van der Waals surface area contributed by atoms with E-state index in [9.17, 15) is 14.3 Å². The molecule has 0 saturated carbocycles. The lowest BCUT2D eigenvalue weighted by Gasteiger charge is -2.14. The molecule has 1 aliphatic rings. The molecule has 1 aromatic rings. The van der Waals surface area contributed by atoms with Crippen LogP contribution in [0.1, 0.15) is 116 Å². The summed E-state index contributed by atoms with van der Waals surface area (Å²) < 4.78 is 23.0. The molecule has 1 atom stereocenters. The van der Waals surface area contributed by atoms with E-state index in [1.165, 1.54) is 96.3 Å². The second-order valence-corrected chi connectivity index (χ2v) is 13.1. The molecule has 0 fully saturated rings. The van der Waals surface area contributed by atoms with Crippen molar-refractivity contribution in [2.75, 3.05) is 55.1 Å². The molecule has 236 valence electrons. The zero-order chi connectivity index (χ0) is 29.6. The highest BCUT2D eigenvalue weighted by Gasteiger charge is 2.23. The molecule has 2 rings (SSSR count). The van der Waals surface area contributed by atoms with Crippen LogP contribution < -0.4 is 21.5 Å². The molecule has 5 N–H and O–H groups in total. The third kappa shape index (κ3) is 16.4. The Kier molecular flexibility index (Phi) is 18.8. The number of ether oxygens (including phenoxy) is 1. The first-order valence-electron chi connectivity index (χ1n) is 16.0. The fraction of sp³-hybridized carbons (Fsp3) is 0.800. The number of nitrogen functional groups attached to an aromatic ring is 1. The Balaban J connectivity index is 1.35. The summed E-state index contributed by atoms with van der Waals surface area (Å²) in [6.45, 7) is 4.33. The largest absolute Gasteiger partial charge is 0.379 e. The molecular weight excluding hydrogens is 541 g/mol. The van der Waals surface area contributed by atoms with Gasteiger partial charge >= 0.3 is 7.60 Å². The molecule has 2 heterocycles. The Morgan fingerprint density at radius 1 is 0.902 bits per heavy atom. The highest BCUT2D eigenvalue weighted by atomic mass is 31.2. The van der Waals surface area contributed by atoms with Gasteiger partial charge in [-0.25, -0.2) is 0 Å². The fourth-order valence-corrected chi connectivity index (χ4v) is 5.95. The van der Waals surface area contributed by atoms with E-state index in [1.54, 1.807) is 0 Å². The zero-order valence-corrected chi connectivity index (χ0v) is 26.3. The van der Waals surface area contributed by atoms with Crippen molar-refractivity contribution in [2.24, 2.45) is 0 Å². The highest BCUT2D eigenvalue weighted by molar-refractivity contribution is 7.52. The minimum atomic E-state index is -3.65. The van der Waals surface area contributed by atoms with Gasteiger partial charge in [-0.05, 0) is 12.8 Å². The highest BCUT2D eigenvalue weighted by Crippen LogP contribution is 2.42. The first kappa shape index (κ1) is 35.3. The van der Waals surface area contributed by atoms with Gasteiger partial charge in [0, 0.05) is 13.2 Å². The molecule has 10 nitrogen and oxygen atoms in total. The number of hydrogen-bond acceptors (Lipinski definition) is 8. The summed E-state index contributed by atoms with van der Waals surface area (Å²) in [7, 11) is -3.65. The van der Waals surface area contributed by atoms with Gasteiger partial charge in [-0.15, -0.1) is 0 Å². The number of nitrogens with two attached hydrogens (primary N) is 1. The van der Waals surface area contributed by atoms with Crippen LogP contribution in [-0.4, -0.2) is 54.1 Å². The predicted octanol–water partition coefficient (Wildman–Crippen LogP) is 6.97. The molecule has 0 bridgehead atoms. The van der Waals surface area contributed by atoms with Crippen LogP contribution in [0.4, 0.5) is 17.5 Å². The number of nitrogens with one attached hydrogen (secondary N) is 2. The maximum atomic E-state index is 12.2. The van der Waals surface area contributed by atoms with Gasteiger partial charge in [-0.3, -0.25) is 14.3 Å². The van der Waals surface area contributed by atoms with Gasteiger partial charge in [-0.1, -0.05) is 115 Å². The van der Waals surface area contributed by atoms with Gasteiger partial charge in [0.05, 0.1) is 26.0 Å². The van der Waals surface area contributed by atoms with Crippen molar-refractivity contribution < 1.29 is 18.7 Å². The molecule has 0 radical (unpaired) electrons. The van der Waals surface area contributed by atoms with Gasteiger partial charge in [0.25, 0.3) is 5.56 Å². The van der Waals surface area contributed by atoms with Crippen LogP contribution in [0, 0.1) is 0 Å². The summed E-state index contributed by atoms with van der Waals surface area (Å²) >= 11 is 0. The van der Waals surface area contributed by atoms with Gasteiger partial charge in [0.1, 0.15) is 5.69 Å². The van der Waals surface area contributed by atoms with Crippen molar-refractivity contribution in [3.63, 3.8) is 0 Å². The topological polar surface area (TPSA) is 143 Å². The monoisotopic (exact) mass is 597 g/mol. The molecule has 0 aromatic carbocycles. The average Bonchev–Trinajstić information content (AvgIpc) is 3.34. The summed E-state index contributed by atoms with van der Waals surface area (Å²) in [4.78, 5) is 30.4. The van der Waals surface area contributed by atoms with Crippen LogP contribution >= 0.6 is 7.60 Å². The van der Waals surface area contributed by atoms with Crippen LogP contribution in [0.3, 0.4) is 0 Å². The molecule has 0 spiro atoms. The lowest BCUT2D eigenvalue weighted by Crippen LogP contribution is -2.23. The average molecular weight is 598 g/mol. The van der Waals surface area contributed by atoms with E-state index in [4.69, 9.17) is 15.0 Å². The van der Waals surface area contributed by atoms with Gasteiger partial charge in [-0.2, -0.15) is 4.98 Å². The minimum absolute atomic E-state index is 0.0440. The quantitative estimate of drug-likeness (QED) is 0.0506. The van der Waals surface area contributed by atoms with Gasteiger partial charge in [0.2, 0.25) is 5.95 Å². The SMILES string of the molecule is CCCCCCCCCCCCCCCCCCOCCOP(=O)(O)CC/C=C\CN1CNc2c1nc(N)[nH]c2=O. The zero-order valence-electron chi connectivity index (χ0n) is 25.4. The van der Waals surface area contributed by atoms with E-state index >= 15 is 0 Å². The Bertz CT molecular complexity index is 958. The summed E-state index contributed by atoms with van der Waals surface area (Å²) in [5.74, 6) is 0.574. The Morgan fingerprint density at radius 2 is 1.49 bits per heavy atom. The van der Waals surface area contributed by atoms with Crippen LogP contribution in [0.25, 0.3) is 0 Å². The minimum Gasteiger partial charge on any atom is -0.379 e. The number of allylic oxidation sites excluding steroid dienone is 1.